The van der Waals surface area contributed by atoms with Gasteiger partial charge >= 0.3 is 0 Å². The number of rotatable bonds is 3. The molecule has 0 spiro atoms. The quantitative estimate of drug-likeness (QED) is 0.867. The second-order valence-electron chi connectivity index (χ2n) is 6.86. The average Bonchev–Trinajstić information content (AvgIpc) is 2.53. The Morgan fingerprint density at radius 1 is 1.30 bits per heavy atom. The molecule has 23 heavy (non-hydrogen) atoms. The molecule has 1 aliphatic carbocycles. The molecule has 1 aromatic carbocycles. The highest BCUT2D eigenvalue weighted by atomic mass is 16.5. The van der Waals surface area contributed by atoms with Crippen molar-refractivity contribution in [2.24, 2.45) is 5.92 Å². The molecule has 0 aromatic heterocycles. The molecule has 0 saturated heterocycles. The maximum Gasteiger partial charge on any atom is 0.175 e. The van der Waals surface area contributed by atoms with E-state index in [1.165, 1.54) is 0 Å². The normalized spacial score (nSPS) is 27.7. The van der Waals surface area contributed by atoms with Crippen molar-refractivity contribution < 1.29 is 14.3 Å². The molecule has 1 aliphatic heterocycles. The van der Waals surface area contributed by atoms with E-state index in [-0.39, 0.29) is 17.8 Å². The first-order valence-electron chi connectivity index (χ1n) is 8.35. The zero-order valence-electron chi connectivity index (χ0n) is 14.1. The number of allylic oxidation sites excluding steroid dienone is 1. The van der Waals surface area contributed by atoms with Crippen LogP contribution in [0.1, 0.15) is 45.1 Å². The number of ketones is 1. The van der Waals surface area contributed by atoms with Gasteiger partial charge in [0.15, 0.2) is 11.5 Å². The molecule has 0 radical (unpaired) electrons. The van der Waals surface area contributed by atoms with Gasteiger partial charge in [-0.3, -0.25) is 4.79 Å². The topological polar surface area (TPSA) is 47.6 Å². The Hall–Kier alpha value is -1.81. The Kier molecular flexibility index (Phi) is 4.44. The van der Waals surface area contributed by atoms with Gasteiger partial charge in [-0.05, 0) is 38.8 Å². The van der Waals surface area contributed by atoms with Gasteiger partial charge in [-0.2, -0.15) is 0 Å². The fraction of sp³-hybridized carbons (Fsp3) is 0.526. The largest absolute Gasteiger partial charge is 0.468 e. The minimum Gasteiger partial charge on any atom is -0.468 e. The summed E-state index contributed by atoms with van der Waals surface area (Å²) in [5.41, 5.74) is 1.24. The van der Waals surface area contributed by atoms with E-state index in [0.717, 1.165) is 42.7 Å². The smallest absolute Gasteiger partial charge is 0.175 e. The van der Waals surface area contributed by atoms with E-state index in [0.29, 0.717) is 0 Å². The molecule has 124 valence electrons. The Morgan fingerprint density at radius 3 is 2.83 bits per heavy atom. The number of hydrogen-bond acceptors (Lipinski definition) is 4. The third-order valence-corrected chi connectivity index (χ3v) is 4.64. The van der Waals surface area contributed by atoms with Gasteiger partial charge < -0.3 is 14.8 Å². The molecular formula is C19H25NO3. The van der Waals surface area contributed by atoms with E-state index in [9.17, 15) is 4.79 Å². The molecule has 1 fully saturated rings. The van der Waals surface area contributed by atoms with Crippen molar-refractivity contribution in [1.29, 1.82) is 0 Å². The first kappa shape index (κ1) is 16.1. The van der Waals surface area contributed by atoms with Crippen LogP contribution >= 0.6 is 0 Å². The first-order chi connectivity index (χ1) is 11.0. The first-order valence-corrected chi connectivity index (χ1v) is 8.35. The van der Waals surface area contributed by atoms with Gasteiger partial charge in [-0.25, -0.2) is 0 Å². The monoisotopic (exact) mass is 315 g/mol. The maximum absolute atomic E-state index is 12.8. The van der Waals surface area contributed by atoms with Gasteiger partial charge in [-0.15, -0.1) is 0 Å². The molecule has 1 saturated carbocycles. The van der Waals surface area contributed by atoms with Crippen LogP contribution in [0, 0.1) is 5.92 Å². The predicted molar refractivity (Wildman–Crippen MR) is 90.0 cm³/mol. The highest BCUT2D eigenvalue weighted by Gasteiger charge is 2.33. The second-order valence-corrected chi connectivity index (χ2v) is 6.86. The summed E-state index contributed by atoms with van der Waals surface area (Å²) < 4.78 is 11.5. The second kappa shape index (κ2) is 6.36. The van der Waals surface area contributed by atoms with Crippen LogP contribution in [0.2, 0.25) is 0 Å². The van der Waals surface area contributed by atoms with Crippen LogP contribution < -0.4 is 10.1 Å². The lowest BCUT2D eigenvalue weighted by Gasteiger charge is -2.36. The number of hydrogen-bond donors (Lipinski definition) is 1. The summed E-state index contributed by atoms with van der Waals surface area (Å²) in [6, 6.07) is 7.82. The number of methoxy groups -OCH3 is 1. The molecule has 1 N–H and O–H groups in total. The van der Waals surface area contributed by atoms with Crippen LogP contribution in [0.4, 0.5) is 0 Å². The van der Waals surface area contributed by atoms with E-state index >= 15 is 0 Å². The number of carbonyl (C=O) groups is 1. The fourth-order valence-electron chi connectivity index (χ4n) is 3.54. The molecule has 2 unspecified atom stereocenters. The molecule has 4 nitrogen and oxygen atoms in total. The predicted octanol–water partition coefficient (Wildman–Crippen LogP) is 3.52. The van der Waals surface area contributed by atoms with E-state index in [4.69, 9.17) is 9.47 Å². The van der Waals surface area contributed by atoms with Gasteiger partial charge in [0, 0.05) is 24.7 Å². The number of ether oxygens (including phenoxy) is 2. The van der Waals surface area contributed by atoms with Crippen molar-refractivity contribution >= 4 is 11.5 Å². The molecule has 0 bridgehead atoms. The van der Waals surface area contributed by atoms with Gasteiger partial charge in [0.1, 0.15) is 5.75 Å². The van der Waals surface area contributed by atoms with E-state index in [1.54, 1.807) is 13.2 Å². The molecule has 2 aliphatic rings. The third-order valence-electron chi connectivity index (χ3n) is 4.64. The summed E-state index contributed by atoms with van der Waals surface area (Å²) in [5.74, 6) is 0.912. The summed E-state index contributed by atoms with van der Waals surface area (Å²) in [5, 5.41) is 3.33. The van der Waals surface area contributed by atoms with E-state index in [1.807, 2.05) is 38.1 Å². The molecule has 1 aromatic rings. The van der Waals surface area contributed by atoms with E-state index in [2.05, 4.69) is 5.32 Å². The number of fused-ring (bicyclic) bond motifs is 1. The zero-order valence-corrected chi connectivity index (χ0v) is 14.1. The molecule has 2 atom stereocenters. The molecule has 0 amide bonds. The van der Waals surface area contributed by atoms with Crippen LogP contribution in [0.25, 0.3) is 5.70 Å². The summed E-state index contributed by atoms with van der Waals surface area (Å²) in [4.78, 5) is 12.8. The Morgan fingerprint density at radius 2 is 2.04 bits per heavy atom. The molecule has 4 heteroatoms. The minimum atomic E-state index is -0.534. The van der Waals surface area contributed by atoms with Gasteiger partial charge in [0.25, 0.3) is 0 Å². The number of para-hydroxylation sites is 1. The third kappa shape index (κ3) is 3.42. The van der Waals surface area contributed by atoms with Crippen molar-refractivity contribution in [1.82, 2.24) is 5.32 Å². The Labute approximate surface area is 137 Å². The zero-order chi connectivity index (χ0) is 16.4. The van der Waals surface area contributed by atoms with Crippen LogP contribution in [0.3, 0.4) is 0 Å². The minimum absolute atomic E-state index is 0.0381. The summed E-state index contributed by atoms with van der Waals surface area (Å²) in [6.45, 7) is 3.92. The van der Waals surface area contributed by atoms with Gasteiger partial charge in [0.2, 0.25) is 0 Å². The Balaban J connectivity index is 1.90. The fourth-order valence-corrected chi connectivity index (χ4v) is 3.54. The number of nitrogens with one attached hydrogen (secondary N) is 1. The number of carbonyl (C=O) groups excluding carboxylic acids is 1. The lowest BCUT2D eigenvalue weighted by Crippen LogP contribution is -2.47. The van der Waals surface area contributed by atoms with Gasteiger partial charge in [-0.1, -0.05) is 25.0 Å². The highest BCUT2D eigenvalue weighted by Crippen LogP contribution is 2.34. The summed E-state index contributed by atoms with van der Waals surface area (Å²) in [7, 11) is 1.70. The van der Waals surface area contributed by atoms with Crippen LogP contribution in [0.15, 0.2) is 30.3 Å². The van der Waals surface area contributed by atoms with Crippen LogP contribution in [-0.4, -0.2) is 24.7 Å². The summed E-state index contributed by atoms with van der Waals surface area (Å²) in [6.07, 6.45) is 5.89. The van der Waals surface area contributed by atoms with Crippen molar-refractivity contribution in [3.8, 4) is 5.75 Å². The van der Waals surface area contributed by atoms with Crippen molar-refractivity contribution in [2.75, 3.05) is 7.11 Å². The SMILES string of the molecule is COC1CCCCC1C(=O)/C=C1/NC(C)(C)Oc2ccccc21. The van der Waals surface area contributed by atoms with E-state index < -0.39 is 5.72 Å². The molecule has 1 heterocycles. The lowest BCUT2D eigenvalue weighted by molar-refractivity contribution is -0.124. The van der Waals surface area contributed by atoms with Crippen molar-refractivity contribution in [3.05, 3.63) is 35.9 Å². The average molecular weight is 315 g/mol. The molecular weight excluding hydrogens is 290 g/mol. The summed E-state index contributed by atoms with van der Waals surface area (Å²) >= 11 is 0. The van der Waals surface area contributed by atoms with Crippen molar-refractivity contribution in [3.63, 3.8) is 0 Å². The van der Waals surface area contributed by atoms with Crippen LogP contribution in [0.5, 0.6) is 5.75 Å². The lowest BCUT2D eigenvalue weighted by atomic mass is 9.83. The van der Waals surface area contributed by atoms with Crippen LogP contribution in [-0.2, 0) is 9.53 Å². The standard InChI is InChI=1S/C19H25NO3/c1-19(2)20-15(13-8-4-7-11-18(13)23-19)12-16(21)14-9-5-6-10-17(14)22-3/h4,7-8,11-12,14,17,20H,5-6,9-10H2,1-3H3/b15-12+. The van der Waals surface area contributed by atoms with Gasteiger partial charge in [0.05, 0.1) is 11.8 Å². The maximum atomic E-state index is 12.8. The highest BCUT2D eigenvalue weighted by molar-refractivity contribution is 5.99. The van der Waals surface area contributed by atoms with Crippen molar-refractivity contribution in [2.45, 2.75) is 51.4 Å². The molecule has 3 rings (SSSR count). The number of benzene rings is 1. The Bertz CT molecular complexity index is 621.